The lowest BCUT2D eigenvalue weighted by atomic mass is 10.0. The molecular weight excluding hydrogens is 252 g/mol. The van der Waals surface area contributed by atoms with E-state index in [2.05, 4.69) is 48.4 Å². The normalized spacial score (nSPS) is 12.5. The first kappa shape index (κ1) is 14.2. The second-order valence-corrected chi connectivity index (χ2v) is 5.70. The number of nitrogens with one attached hydrogen (secondary N) is 1. The highest BCUT2D eigenvalue weighted by atomic mass is 32.1. The van der Waals surface area contributed by atoms with Crippen LogP contribution in [0.2, 0.25) is 0 Å². The van der Waals surface area contributed by atoms with E-state index >= 15 is 0 Å². The number of benzene rings is 1. The third-order valence-electron chi connectivity index (χ3n) is 3.16. The van der Waals surface area contributed by atoms with E-state index in [9.17, 15) is 0 Å². The Hall–Kier alpha value is -1.19. The predicted octanol–water partition coefficient (Wildman–Crippen LogP) is 4.18. The van der Waals surface area contributed by atoms with Gasteiger partial charge in [0.1, 0.15) is 0 Å². The Morgan fingerprint density at radius 3 is 2.84 bits per heavy atom. The van der Waals surface area contributed by atoms with Gasteiger partial charge in [-0.2, -0.15) is 0 Å². The molecular formula is C16H22N2S. The lowest BCUT2D eigenvalue weighted by molar-refractivity contribution is 0.604. The van der Waals surface area contributed by atoms with Gasteiger partial charge in [-0.3, -0.25) is 4.98 Å². The molecule has 1 heterocycles. The van der Waals surface area contributed by atoms with Gasteiger partial charge in [0.25, 0.3) is 0 Å². The monoisotopic (exact) mass is 274 g/mol. The summed E-state index contributed by atoms with van der Waals surface area (Å²) in [4.78, 5) is 5.51. The molecule has 102 valence electrons. The molecule has 2 nitrogen and oxygen atoms in total. The highest BCUT2D eigenvalue weighted by Crippen LogP contribution is 2.25. The fourth-order valence-corrected chi connectivity index (χ4v) is 2.98. The molecule has 0 spiro atoms. The van der Waals surface area contributed by atoms with Crippen LogP contribution in [-0.4, -0.2) is 11.5 Å². The second kappa shape index (κ2) is 7.41. The molecule has 1 aromatic carbocycles. The molecule has 0 aliphatic rings. The fraction of sp³-hybridized carbons (Fsp3) is 0.438. The summed E-state index contributed by atoms with van der Waals surface area (Å²) in [5.41, 5.74) is 4.68. The first-order valence-corrected chi connectivity index (χ1v) is 7.93. The average Bonchev–Trinajstić information content (AvgIpc) is 2.94. The topological polar surface area (TPSA) is 24.9 Å². The summed E-state index contributed by atoms with van der Waals surface area (Å²) >= 11 is 1.72. The van der Waals surface area contributed by atoms with Crippen molar-refractivity contribution in [3.63, 3.8) is 0 Å². The van der Waals surface area contributed by atoms with E-state index in [1.54, 1.807) is 11.3 Å². The highest BCUT2D eigenvalue weighted by molar-refractivity contribution is 7.09. The van der Waals surface area contributed by atoms with Crippen molar-refractivity contribution >= 4 is 11.3 Å². The van der Waals surface area contributed by atoms with Crippen LogP contribution >= 0.6 is 11.3 Å². The number of hydrogen-bond acceptors (Lipinski definition) is 3. The number of aromatic nitrogens is 1. The minimum absolute atomic E-state index is 0.282. The van der Waals surface area contributed by atoms with E-state index < -0.39 is 0 Å². The van der Waals surface area contributed by atoms with Crippen LogP contribution in [0, 0.1) is 0 Å². The molecule has 0 aliphatic heterocycles. The minimum Gasteiger partial charge on any atom is -0.306 e. The number of hydrogen-bond donors (Lipinski definition) is 1. The Kier molecular flexibility index (Phi) is 5.55. The Morgan fingerprint density at radius 1 is 1.26 bits per heavy atom. The first-order valence-electron chi connectivity index (χ1n) is 7.05. The van der Waals surface area contributed by atoms with Gasteiger partial charge < -0.3 is 5.32 Å². The largest absolute Gasteiger partial charge is 0.306 e. The molecule has 1 unspecified atom stereocenters. The number of rotatable bonds is 7. The zero-order valence-electron chi connectivity index (χ0n) is 11.7. The summed E-state index contributed by atoms with van der Waals surface area (Å²) in [5, 5.41) is 3.63. The van der Waals surface area contributed by atoms with E-state index in [0.717, 1.165) is 19.4 Å². The third-order valence-corrected chi connectivity index (χ3v) is 4.00. The van der Waals surface area contributed by atoms with Crippen LogP contribution in [0.25, 0.3) is 0 Å². The van der Waals surface area contributed by atoms with Gasteiger partial charge in [-0.15, -0.1) is 11.3 Å². The van der Waals surface area contributed by atoms with Gasteiger partial charge in [0.15, 0.2) is 0 Å². The molecule has 19 heavy (non-hydrogen) atoms. The number of aryl methyl sites for hydroxylation is 1. The summed E-state index contributed by atoms with van der Waals surface area (Å²) in [7, 11) is 0. The molecule has 2 aromatic rings. The summed E-state index contributed by atoms with van der Waals surface area (Å²) in [5.74, 6) is 0. The molecule has 3 heteroatoms. The van der Waals surface area contributed by atoms with Crippen LogP contribution in [0.5, 0.6) is 0 Å². The van der Waals surface area contributed by atoms with Crippen LogP contribution in [0.3, 0.4) is 0 Å². The molecule has 0 aliphatic carbocycles. The van der Waals surface area contributed by atoms with Crippen LogP contribution in [-0.2, 0) is 6.42 Å². The molecule has 1 N–H and O–H groups in total. The van der Waals surface area contributed by atoms with Crippen LogP contribution in [0.15, 0.2) is 36.0 Å². The lowest BCUT2D eigenvalue weighted by Gasteiger charge is -2.18. The van der Waals surface area contributed by atoms with Gasteiger partial charge in [-0.25, -0.2) is 0 Å². The third kappa shape index (κ3) is 3.88. The molecule has 1 aromatic heterocycles. The van der Waals surface area contributed by atoms with Crippen LogP contribution < -0.4 is 5.32 Å². The van der Waals surface area contributed by atoms with Crippen molar-refractivity contribution in [2.24, 2.45) is 0 Å². The standard InChI is InChI=1S/C16H22N2S/c1-3-6-13-7-5-8-14(10-13)16(18-9-4-2)15-11-17-12-19-15/h5,7-8,10-12,16,18H,3-4,6,9H2,1-2H3. The molecule has 2 rings (SSSR count). The van der Waals surface area contributed by atoms with Crippen molar-refractivity contribution in [3.05, 3.63) is 52.0 Å². The predicted molar refractivity (Wildman–Crippen MR) is 82.7 cm³/mol. The Bertz CT molecular complexity index is 479. The molecule has 0 amide bonds. The highest BCUT2D eigenvalue weighted by Gasteiger charge is 2.14. The summed E-state index contributed by atoms with van der Waals surface area (Å²) < 4.78 is 0. The van der Waals surface area contributed by atoms with E-state index in [0.29, 0.717) is 0 Å². The smallest absolute Gasteiger partial charge is 0.0794 e. The zero-order valence-corrected chi connectivity index (χ0v) is 12.5. The van der Waals surface area contributed by atoms with E-state index in [-0.39, 0.29) is 6.04 Å². The SMILES string of the molecule is CCCNC(c1cccc(CCC)c1)c1cncs1. The van der Waals surface area contributed by atoms with Crippen molar-refractivity contribution in [2.45, 2.75) is 39.2 Å². The first-order chi connectivity index (χ1) is 9.35. The van der Waals surface area contributed by atoms with Gasteiger partial charge in [-0.1, -0.05) is 44.5 Å². The maximum Gasteiger partial charge on any atom is 0.0794 e. The summed E-state index contributed by atoms with van der Waals surface area (Å²) in [6.45, 7) is 5.45. The maximum absolute atomic E-state index is 4.21. The van der Waals surface area contributed by atoms with Gasteiger partial charge in [0.05, 0.1) is 11.6 Å². The lowest BCUT2D eigenvalue weighted by Crippen LogP contribution is -2.22. The summed E-state index contributed by atoms with van der Waals surface area (Å²) in [6.07, 6.45) is 5.46. The maximum atomic E-state index is 4.21. The van der Waals surface area contributed by atoms with Gasteiger partial charge >= 0.3 is 0 Å². The average molecular weight is 274 g/mol. The molecule has 0 fully saturated rings. The van der Waals surface area contributed by atoms with Crippen LogP contribution in [0.4, 0.5) is 0 Å². The van der Waals surface area contributed by atoms with Crippen molar-refractivity contribution in [1.29, 1.82) is 0 Å². The number of nitrogens with zero attached hydrogens (tertiary/aromatic N) is 1. The molecule has 0 bridgehead atoms. The van der Waals surface area contributed by atoms with Crippen molar-refractivity contribution in [1.82, 2.24) is 10.3 Å². The van der Waals surface area contributed by atoms with E-state index in [1.807, 2.05) is 11.7 Å². The van der Waals surface area contributed by atoms with Gasteiger partial charge in [-0.05, 0) is 30.5 Å². The van der Waals surface area contributed by atoms with Gasteiger partial charge in [0, 0.05) is 11.1 Å². The summed E-state index contributed by atoms with van der Waals surface area (Å²) in [6, 6.07) is 9.21. The van der Waals surface area contributed by atoms with Crippen molar-refractivity contribution in [2.75, 3.05) is 6.54 Å². The Labute approximate surface area is 119 Å². The Balaban J connectivity index is 2.24. The molecule has 0 radical (unpaired) electrons. The van der Waals surface area contributed by atoms with Crippen molar-refractivity contribution in [3.8, 4) is 0 Å². The fourth-order valence-electron chi connectivity index (χ4n) is 2.26. The second-order valence-electron chi connectivity index (χ2n) is 4.79. The number of thiazole rings is 1. The minimum atomic E-state index is 0.282. The molecule has 0 saturated carbocycles. The zero-order chi connectivity index (χ0) is 13.5. The molecule has 0 saturated heterocycles. The van der Waals surface area contributed by atoms with E-state index in [1.165, 1.54) is 22.4 Å². The molecule has 1 atom stereocenters. The van der Waals surface area contributed by atoms with Crippen LogP contribution in [0.1, 0.15) is 48.7 Å². The van der Waals surface area contributed by atoms with Crippen molar-refractivity contribution < 1.29 is 0 Å². The van der Waals surface area contributed by atoms with E-state index in [4.69, 9.17) is 0 Å². The Morgan fingerprint density at radius 2 is 2.16 bits per heavy atom. The quantitative estimate of drug-likeness (QED) is 0.819. The van der Waals surface area contributed by atoms with Gasteiger partial charge in [0.2, 0.25) is 0 Å².